The third kappa shape index (κ3) is 6.22. The molecule has 0 saturated heterocycles. The lowest BCUT2D eigenvalue weighted by molar-refractivity contribution is 0.0952. The summed E-state index contributed by atoms with van der Waals surface area (Å²) >= 11 is 6.79. The molecular formula is C20H19Br2N3O2. The number of rotatable bonds is 8. The van der Waals surface area contributed by atoms with Crippen molar-refractivity contribution in [3.63, 3.8) is 0 Å². The molecule has 3 rings (SSSR count). The Balaban J connectivity index is 1.47. The minimum atomic E-state index is -0.0825. The Hall–Kier alpha value is -2.12. The molecule has 2 aromatic carbocycles. The van der Waals surface area contributed by atoms with E-state index in [-0.39, 0.29) is 5.91 Å². The monoisotopic (exact) mass is 491 g/mol. The molecule has 0 fully saturated rings. The first-order valence-corrected chi connectivity index (χ1v) is 10.1. The molecular weight excluding hydrogens is 474 g/mol. The summed E-state index contributed by atoms with van der Waals surface area (Å²) in [6, 6.07) is 15.2. The van der Waals surface area contributed by atoms with Crippen LogP contribution in [-0.2, 0) is 13.2 Å². The lowest BCUT2D eigenvalue weighted by atomic mass is 10.1. The topological polar surface area (TPSA) is 56.2 Å². The van der Waals surface area contributed by atoms with Gasteiger partial charge in [0, 0.05) is 29.3 Å². The van der Waals surface area contributed by atoms with Crippen molar-refractivity contribution >= 4 is 37.8 Å². The highest BCUT2D eigenvalue weighted by Gasteiger charge is 2.06. The molecule has 3 aromatic rings. The number of amides is 1. The van der Waals surface area contributed by atoms with Crippen LogP contribution in [0.15, 0.2) is 69.9 Å². The third-order valence-corrected chi connectivity index (χ3v) is 4.74. The van der Waals surface area contributed by atoms with Gasteiger partial charge in [0.2, 0.25) is 0 Å². The molecule has 1 amide bonds. The van der Waals surface area contributed by atoms with Crippen LogP contribution in [-0.4, -0.2) is 22.2 Å². The van der Waals surface area contributed by atoms with E-state index < -0.39 is 0 Å². The molecule has 0 bridgehead atoms. The molecule has 0 atom stereocenters. The Labute approximate surface area is 175 Å². The molecule has 1 N–H and O–H groups in total. The molecule has 0 aliphatic carbocycles. The average molecular weight is 493 g/mol. The predicted octanol–water partition coefficient (Wildman–Crippen LogP) is 4.81. The molecule has 1 heterocycles. The van der Waals surface area contributed by atoms with Gasteiger partial charge in [-0.2, -0.15) is 5.10 Å². The minimum Gasteiger partial charge on any atom is -0.489 e. The van der Waals surface area contributed by atoms with Crippen LogP contribution in [0.1, 0.15) is 22.3 Å². The average Bonchev–Trinajstić information content (AvgIpc) is 3.09. The summed E-state index contributed by atoms with van der Waals surface area (Å²) in [5, 5.41) is 7.14. The smallest absolute Gasteiger partial charge is 0.251 e. The van der Waals surface area contributed by atoms with Crippen LogP contribution in [0.2, 0.25) is 0 Å². The van der Waals surface area contributed by atoms with Crippen molar-refractivity contribution in [3.8, 4) is 5.75 Å². The SMILES string of the molecule is O=C(NCCCn1cc(Br)cn1)c1cccc(COc2cccc(Br)c2)c1. The maximum Gasteiger partial charge on any atom is 0.251 e. The van der Waals surface area contributed by atoms with Gasteiger partial charge in [-0.15, -0.1) is 0 Å². The first kappa shape index (κ1) is 19.6. The van der Waals surface area contributed by atoms with Gasteiger partial charge in [-0.1, -0.05) is 34.1 Å². The standard InChI is InChI=1S/C20H19Br2N3O2/c21-17-6-2-7-19(11-17)27-14-15-4-1-5-16(10-15)20(26)23-8-3-9-25-13-18(22)12-24-25/h1-2,4-7,10-13H,3,8-9,14H2,(H,23,26). The Kier molecular flexibility index (Phi) is 7.06. The van der Waals surface area contributed by atoms with Crippen molar-refractivity contribution in [1.82, 2.24) is 15.1 Å². The zero-order valence-electron chi connectivity index (χ0n) is 14.6. The molecule has 0 aliphatic heterocycles. The molecule has 5 nitrogen and oxygen atoms in total. The number of hydrogen-bond acceptors (Lipinski definition) is 3. The highest BCUT2D eigenvalue weighted by molar-refractivity contribution is 9.10. The minimum absolute atomic E-state index is 0.0825. The normalized spacial score (nSPS) is 10.6. The van der Waals surface area contributed by atoms with Crippen LogP contribution in [0.25, 0.3) is 0 Å². The van der Waals surface area contributed by atoms with Gasteiger partial charge in [-0.25, -0.2) is 0 Å². The second kappa shape index (κ2) is 9.71. The van der Waals surface area contributed by atoms with E-state index in [9.17, 15) is 4.79 Å². The zero-order valence-corrected chi connectivity index (χ0v) is 17.7. The molecule has 0 radical (unpaired) electrons. The lowest BCUT2D eigenvalue weighted by Crippen LogP contribution is -2.25. The number of ether oxygens (including phenoxy) is 1. The van der Waals surface area contributed by atoms with Crippen molar-refractivity contribution in [2.24, 2.45) is 0 Å². The van der Waals surface area contributed by atoms with Crippen molar-refractivity contribution in [2.75, 3.05) is 6.54 Å². The Morgan fingerprint density at radius 2 is 1.96 bits per heavy atom. The van der Waals surface area contributed by atoms with Crippen LogP contribution in [0.3, 0.4) is 0 Å². The van der Waals surface area contributed by atoms with Crippen LogP contribution in [0.5, 0.6) is 5.75 Å². The van der Waals surface area contributed by atoms with Gasteiger partial charge in [0.1, 0.15) is 12.4 Å². The van der Waals surface area contributed by atoms with Gasteiger partial charge >= 0.3 is 0 Å². The number of hydrogen-bond donors (Lipinski definition) is 1. The van der Waals surface area contributed by atoms with Gasteiger partial charge in [-0.3, -0.25) is 9.48 Å². The molecule has 0 aliphatic rings. The van der Waals surface area contributed by atoms with Crippen molar-refractivity contribution in [1.29, 1.82) is 0 Å². The second-order valence-electron chi connectivity index (χ2n) is 5.98. The summed E-state index contributed by atoms with van der Waals surface area (Å²) in [6.45, 7) is 1.76. The summed E-state index contributed by atoms with van der Waals surface area (Å²) in [7, 11) is 0. The van der Waals surface area contributed by atoms with Crippen molar-refractivity contribution < 1.29 is 9.53 Å². The number of carbonyl (C=O) groups is 1. The maximum absolute atomic E-state index is 12.3. The fourth-order valence-corrected chi connectivity index (χ4v) is 3.24. The van der Waals surface area contributed by atoms with Gasteiger partial charge in [0.25, 0.3) is 5.91 Å². The van der Waals surface area contributed by atoms with Gasteiger partial charge in [0.15, 0.2) is 0 Å². The number of aryl methyl sites for hydroxylation is 1. The molecule has 0 saturated carbocycles. The summed E-state index contributed by atoms with van der Waals surface area (Å²) in [5.74, 6) is 0.699. The van der Waals surface area contributed by atoms with E-state index in [0.717, 1.165) is 33.2 Å². The number of nitrogens with zero attached hydrogens (tertiary/aromatic N) is 2. The predicted molar refractivity (Wildman–Crippen MR) is 112 cm³/mol. The maximum atomic E-state index is 12.3. The Morgan fingerprint density at radius 1 is 1.11 bits per heavy atom. The molecule has 27 heavy (non-hydrogen) atoms. The first-order chi connectivity index (χ1) is 13.1. The van der Waals surface area contributed by atoms with E-state index in [2.05, 4.69) is 42.3 Å². The van der Waals surface area contributed by atoms with E-state index in [1.807, 2.05) is 59.4 Å². The highest BCUT2D eigenvalue weighted by Crippen LogP contribution is 2.19. The van der Waals surface area contributed by atoms with E-state index in [0.29, 0.717) is 18.7 Å². The van der Waals surface area contributed by atoms with Crippen molar-refractivity contribution in [2.45, 2.75) is 19.6 Å². The molecule has 0 spiro atoms. The zero-order chi connectivity index (χ0) is 19.1. The van der Waals surface area contributed by atoms with E-state index >= 15 is 0 Å². The largest absolute Gasteiger partial charge is 0.489 e. The van der Waals surface area contributed by atoms with E-state index in [1.165, 1.54) is 0 Å². The number of nitrogens with one attached hydrogen (secondary N) is 1. The molecule has 7 heteroatoms. The quantitative estimate of drug-likeness (QED) is 0.459. The third-order valence-electron chi connectivity index (χ3n) is 3.84. The van der Waals surface area contributed by atoms with Crippen LogP contribution in [0, 0.1) is 0 Å². The van der Waals surface area contributed by atoms with Crippen molar-refractivity contribution in [3.05, 3.63) is 81.0 Å². The number of benzene rings is 2. The fraction of sp³-hybridized carbons (Fsp3) is 0.200. The number of aromatic nitrogens is 2. The number of carbonyl (C=O) groups excluding carboxylic acids is 1. The van der Waals surface area contributed by atoms with Gasteiger partial charge in [0.05, 0.1) is 10.7 Å². The first-order valence-electron chi connectivity index (χ1n) is 8.53. The van der Waals surface area contributed by atoms with Gasteiger partial charge in [-0.05, 0) is 58.2 Å². The van der Waals surface area contributed by atoms with E-state index in [4.69, 9.17) is 4.74 Å². The lowest BCUT2D eigenvalue weighted by Gasteiger charge is -2.09. The summed E-state index contributed by atoms with van der Waals surface area (Å²) < 4.78 is 9.55. The second-order valence-corrected chi connectivity index (χ2v) is 7.81. The Morgan fingerprint density at radius 3 is 2.74 bits per heavy atom. The Bertz CT molecular complexity index is 912. The highest BCUT2D eigenvalue weighted by atomic mass is 79.9. The molecule has 140 valence electrons. The van der Waals surface area contributed by atoms with Crippen LogP contribution >= 0.6 is 31.9 Å². The molecule has 1 aromatic heterocycles. The van der Waals surface area contributed by atoms with E-state index in [1.54, 1.807) is 6.20 Å². The number of halogens is 2. The van der Waals surface area contributed by atoms with Gasteiger partial charge < -0.3 is 10.1 Å². The van der Waals surface area contributed by atoms with Crippen LogP contribution < -0.4 is 10.1 Å². The summed E-state index contributed by atoms with van der Waals surface area (Å²) in [4.78, 5) is 12.3. The summed E-state index contributed by atoms with van der Waals surface area (Å²) in [5.41, 5.74) is 1.58. The van der Waals surface area contributed by atoms with Crippen LogP contribution in [0.4, 0.5) is 0 Å². The fourth-order valence-electron chi connectivity index (χ4n) is 2.53. The molecule has 0 unspecified atom stereocenters. The summed E-state index contributed by atoms with van der Waals surface area (Å²) in [6.07, 6.45) is 4.47.